The molecule has 0 saturated carbocycles. The van der Waals surface area contributed by atoms with Crippen molar-refractivity contribution in [2.45, 2.75) is 13.0 Å². The summed E-state index contributed by atoms with van der Waals surface area (Å²) < 4.78 is 51.4. The molecule has 3 aromatic carbocycles. The van der Waals surface area contributed by atoms with E-state index in [4.69, 9.17) is 9.47 Å². The number of rotatable bonds is 8. The number of methoxy groups -OCH3 is 1. The van der Waals surface area contributed by atoms with Gasteiger partial charge in [-0.2, -0.15) is 0 Å². The largest absolute Gasteiger partial charge is 0.493 e. The smallest absolute Gasteiger partial charge is 0.327 e. The van der Waals surface area contributed by atoms with Crippen LogP contribution < -0.4 is 15.2 Å². The lowest BCUT2D eigenvalue weighted by molar-refractivity contribution is 0.310. The molecule has 1 N–H and O–H groups in total. The standard InChI is InChI=1S/C25H25FN2O5S/c1-4-33-24-14-17(10-12-23(24)32-2)22(15-34(3,30)31)28-21-11-9-16(13-20(21)27-25(28)29)18-7-5-6-8-19(18)26/h5-14,22H,4,15H2,1-3H3,(H,27,29). The molecule has 1 aromatic heterocycles. The molecule has 9 heteroatoms. The van der Waals surface area contributed by atoms with Crippen LogP contribution in [0.25, 0.3) is 22.2 Å². The van der Waals surface area contributed by atoms with Gasteiger partial charge >= 0.3 is 5.69 Å². The fourth-order valence-corrected chi connectivity index (χ4v) is 4.99. The Bertz CT molecular complexity index is 1510. The summed E-state index contributed by atoms with van der Waals surface area (Å²) in [5.41, 5.74) is 2.10. The SMILES string of the molecule is CCOc1cc(C(CS(C)(=O)=O)n2c(=O)[nH]c3cc(-c4ccccc4F)ccc32)ccc1OC. The van der Waals surface area contributed by atoms with E-state index < -0.39 is 21.6 Å². The van der Waals surface area contributed by atoms with Gasteiger partial charge in [-0.1, -0.05) is 30.3 Å². The van der Waals surface area contributed by atoms with E-state index in [-0.39, 0.29) is 11.6 Å². The van der Waals surface area contributed by atoms with Gasteiger partial charge in [0.1, 0.15) is 15.7 Å². The summed E-state index contributed by atoms with van der Waals surface area (Å²) >= 11 is 0. The highest BCUT2D eigenvalue weighted by Crippen LogP contribution is 2.33. The van der Waals surface area contributed by atoms with E-state index in [1.807, 2.05) is 6.92 Å². The van der Waals surface area contributed by atoms with Crippen molar-refractivity contribution in [2.75, 3.05) is 25.7 Å². The second kappa shape index (κ2) is 9.34. The summed E-state index contributed by atoms with van der Waals surface area (Å²) in [7, 11) is -1.96. The van der Waals surface area contributed by atoms with Crippen molar-refractivity contribution in [1.29, 1.82) is 0 Å². The Balaban J connectivity index is 1.89. The molecule has 1 heterocycles. The van der Waals surface area contributed by atoms with Crippen LogP contribution in [0.2, 0.25) is 0 Å². The summed E-state index contributed by atoms with van der Waals surface area (Å²) in [6.45, 7) is 2.22. The highest BCUT2D eigenvalue weighted by Gasteiger charge is 2.25. The third-order valence-corrected chi connectivity index (χ3v) is 6.47. The molecule has 0 spiro atoms. The number of fused-ring (bicyclic) bond motifs is 1. The molecule has 0 saturated heterocycles. The van der Waals surface area contributed by atoms with Gasteiger partial charge in [-0.15, -0.1) is 0 Å². The predicted octanol–water partition coefficient (Wildman–Crippen LogP) is 4.18. The van der Waals surface area contributed by atoms with E-state index in [1.54, 1.807) is 54.6 Å². The average molecular weight is 485 g/mol. The number of ether oxygens (including phenoxy) is 2. The quantitative estimate of drug-likeness (QED) is 0.405. The lowest BCUT2D eigenvalue weighted by Gasteiger charge is -2.20. The van der Waals surface area contributed by atoms with Crippen molar-refractivity contribution >= 4 is 20.9 Å². The number of aromatic nitrogens is 2. The molecule has 1 atom stereocenters. The van der Waals surface area contributed by atoms with Gasteiger partial charge in [0.2, 0.25) is 0 Å². The monoisotopic (exact) mass is 484 g/mol. The number of sulfone groups is 1. The van der Waals surface area contributed by atoms with Gasteiger partial charge in [0.25, 0.3) is 0 Å². The van der Waals surface area contributed by atoms with Gasteiger partial charge in [0.15, 0.2) is 11.5 Å². The molecule has 34 heavy (non-hydrogen) atoms. The topological polar surface area (TPSA) is 90.4 Å². The van der Waals surface area contributed by atoms with E-state index in [2.05, 4.69) is 4.98 Å². The molecule has 0 aliphatic heterocycles. The fourth-order valence-electron chi connectivity index (χ4n) is 4.08. The first-order chi connectivity index (χ1) is 16.2. The van der Waals surface area contributed by atoms with Crippen molar-refractivity contribution in [1.82, 2.24) is 9.55 Å². The van der Waals surface area contributed by atoms with Crippen LogP contribution in [-0.2, 0) is 9.84 Å². The van der Waals surface area contributed by atoms with Crippen molar-refractivity contribution in [2.24, 2.45) is 0 Å². The van der Waals surface area contributed by atoms with E-state index in [1.165, 1.54) is 17.7 Å². The Labute approximate surface area is 196 Å². The molecule has 7 nitrogen and oxygen atoms in total. The highest BCUT2D eigenvalue weighted by atomic mass is 32.2. The first-order valence-electron chi connectivity index (χ1n) is 10.7. The highest BCUT2D eigenvalue weighted by molar-refractivity contribution is 7.90. The van der Waals surface area contributed by atoms with Crippen LogP contribution in [0.15, 0.2) is 65.5 Å². The lowest BCUT2D eigenvalue weighted by atomic mass is 10.0. The maximum atomic E-state index is 14.3. The van der Waals surface area contributed by atoms with E-state index in [9.17, 15) is 17.6 Å². The molecule has 0 amide bonds. The lowest BCUT2D eigenvalue weighted by Crippen LogP contribution is -2.28. The van der Waals surface area contributed by atoms with Crippen molar-refractivity contribution in [3.8, 4) is 22.6 Å². The second-order valence-corrected chi connectivity index (χ2v) is 10.1. The van der Waals surface area contributed by atoms with Crippen LogP contribution in [0.3, 0.4) is 0 Å². The maximum Gasteiger partial charge on any atom is 0.327 e. The Morgan fingerprint density at radius 1 is 1.06 bits per heavy atom. The Morgan fingerprint density at radius 3 is 2.50 bits per heavy atom. The molecule has 1 unspecified atom stereocenters. The average Bonchev–Trinajstić information content (AvgIpc) is 3.12. The van der Waals surface area contributed by atoms with Crippen LogP contribution in [-0.4, -0.2) is 43.7 Å². The molecular formula is C25H25FN2O5S. The third kappa shape index (κ3) is 4.70. The van der Waals surface area contributed by atoms with Crippen LogP contribution in [0.1, 0.15) is 18.5 Å². The number of hydrogen-bond donors (Lipinski definition) is 1. The third-order valence-electron chi connectivity index (χ3n) is 5.55. The summed E-state index contributed by atoms with van der Waals surface area (Å²) in [5.74, 6) is 0.285. The molecule has 0 bridgehead atoms. The molecule has 0 fully saturated rings. The van der Waals surface area contributed by atoms with Crippen molar-refractivity contribution in [3.63, 3.8) is 0 Å². The molecular weight excluding hydrogens is 459 g/mol. The Morgan fingerprint density at radius 2 is 1.82 bits per heavy atom. The minimum atomic E-state index is -3.48. The number of H-pyrrole nitrogens is 1. The zero-order chi connectivity index (χ0) is 24.5. The zero-order valence-electron chi connectivity index (χ0n) is 19.0. The molecule has 4 rings (SSSR count). The van der Waals surface area contributed by atoms with E-state index in [0.717, 1.165) is 6.26 Å². The van der Waals surface area contributed by atoms with Crippen molar-refractivity contribution in [3.05, 3.63) is 82.5 Å². The number of hydrogen-bond acceptors (Lipinski definition) is 5. The van der Waals surface area contributed by atoms with E-state index >= 15 is 0 Å². The van der Waals surface area contributed by atoms with Gasteiger partial charge in [0.05, 0.1) is 36.5 Å². The summed E-state index contributed by atoms with van der Waals surface area (Å²) in [5, 5.41) is 0. The summed E-state index contributed by atoms with van der Waals surface area (Å²) in [4.78, 5) is 15.9. The first-order valence-corrected chi connectivity index (χ1v) is 12.8. The number of imidazole rings is 1. The fraction of sp³-hybridized carbons (Fsp3) is 0.240. The first kappa shape index (κ1) is 23.6. The molecule has 0 aliphatic carbocycles. The zero-order valence-corrected chi connectivity index (χ0v) is 19.9. The normalized spacial score (nSPS) is 12.6. The number of nitrogens with zero attached hydrogens (tertiary/aromatic N) is 1. The Hall–Kier alpha value is -3.59. The summed E-state index contributed by atoms with van der Waals surface area (Å²) in [6.07, 6.45) is 1.13. The van der Waals surface area contributed by atoms with E-state index in [0.29, 0.717) is 45.8 Å². The molecule has 0 radical (unpaired) electrons. The Kier molecular flexibility index (Phi) is 6.47. The van der Waals surface area contributed by atoms with Crippen LogP contribution in [0.4, 0.5) is 4.39 Å². The number of benzene rings is 3. The van der Waals surface area contributed by atoms with Gasteiger partial charge in [-0.25, -0.2) is 17.6 Å². The summed E-state index contributed by atoms with van der Waals surface area (Å²) in [6, 6.07) is 15.7. The molecule has 4 aromatic rings. The second-order valence-electron chi connectivity index (χ2n) is 7.96. The van der Waals surface area contributed by atoms with Crippen LogP contribution in [0.5, 0.6) is 11.5 Å². The van der Waals surface area contributed by atoms with Crippen LogP contribution >= 0.6 is 0 Å². The predicted molar refractivity (Wildman–Crippen MR) is 130 cm³/mol. The van der Waals surface area contributed by atoms with Gasteiger partial charge in [-0.3, -0.25) is 4.57 Å². The number of aromatic amines is 1. The van der Waals surface area contributed by atoms with Gasteiger partial charge in [-0.05, 0) is 48.4 Å². The number of nitrogens with one attached hydrogen (secondary N) is 1. The minimum absolute atomic E-state index is 0.299. The maximum absolute atomic E-state index is 14.3. The number of halogens is 1. The minimum Gasteiger partial charge on any atom is -0.493 e. The molecule has 0 aliphatic rings. The van der Waals surface area contributed by atoms with Gasteiger partial charge < -0.3 is 14.5 Å². The van der Waals surface area contributed by atoms with Gasteiger partial charge in [0, 0.05) is 11.8 Å². The van der Waals surface area contributed by atoms with Crippen molar-refractivity contribution < 1.29 is 22.3 Å². The molecule has 178 valence electrons. The van der Waals surface area contributed by atoms with Crippen LogP contribution in [0, 0.1) is 5.82 Å².